The number of alkyl carbamates (subject to hydrolysis) is 1. The second-order valence-corrected chi connectivity index (χ2v) is 11.2. The number of benzene rings is 2. The first-order valence-corrected chi connectivity index (χ1v) is 14.6. The Kier molecular flexibility index (Phi) is 9.25. The number of nitrogens with zero attached hydrogens (tertiary/aromatic N) is 6. The summed E-state index contributed by atoms with van der Waals surface area (Å²) in [6, 6.07) is 9.12. The molecule has 4 aromatic rings. The van der Waals surface area contributed by atoms with Gasteiger partial charge in [-0.2, -0.15) is 31.7 Å². The first-order valence-electron chi connectivity index (χ1n) is 13.4. The van der Waals surface area contributed by atoms with Gasteiger partial charge in [0.25, 0.3) is 5.91 Å². The number of carbonyl (C=O) groups is 2. The highest BCUT2D eigenvalue weighted by molar-refractivity contribution is 7.03. The molecular weight excluding hydrogens is 659 g/mol. The summed E-state index contributed by atoms with van der Waals surface area (Å²) in [4.78, 5) is 35.4. The van der Waals surface area contributed by atoms with Crippen LogP contribution in [0, 0.1) is 0 Å². The molecule has 0 spiro atoms. The molecule has 0 aliphatic heterocycles. The van der Waals surface area contributed by atoms with Crippen LogP contribution in [0.5, 0.6) is 0 Å². The van der Waals surface area contributed by atoms with Crippen molar-refractivity contribution in [1.29, 1.82) is 0 Å². The molecule has 0 bridgehead atoms. The Labute approximate surface area is 267 Å². The monoisotopic (exact) mass is 682 g/mol. The van der Waals surface area contributed by atoms with Crippen LogP contribution in [0.4, 0.5) is 26.7 Å². The third-order valence-corrected chi connectivity index (χ3v) is 8.20. The van der Waals surface area contributed by atoms with E-state index in [0.29, 0.717) is 4.68 Å². The van der Waals surface area contributed by atoms with Gasteiger partial charge in [-0.05, 0) is 59.8 Å². The molecule has 0 radical (unpaired) electrons. The summed E-state index contributed by atoms with van der Waals surface area (Å²) in [6.45, 7) is -3.79. The molecule has 0 unspecified atom stereocenters. The number of aliphatic imine (C=N–C) groups is 1. The Hall–Kier alpha value is -4.64. The van der Waals surface area contributed by atoms with Gasteiger partial charge >= 0.3 is 18.8 Å². The molecule has 1 fully saturated rings. The van der Waals surface area contributed by atoms with E-state index in [2.05, 4.69) is 19.4 Å². The lowest BCUT2D eigenvalue weighted by Crippen LogP contribution is -2.49. The maximum Gasteiger partial charge on any atom is 0.411 e. The summed E-state index contributed by atoms with van der Waals surface area (Å²) in [7, 11) is 1.30. The molecule has 2 amide bonds. The SMILES string of the molecule is CN=C(N)N(C(=O)c1ccc(-c2cnsc2)cc1)[C@H](COC(=O)NC1(C(F)(F)F)CC1)c1ccc(Cl)c(-c2ncnn2C(F)F)c1. The van der Waals surface area contributed by atoms with Crippen molar-refractivity contribution in [1.82, 2.24) is 29.4 Å². The molecule has 242 valence electrons. The van der Waals surface area contributed by atoms with Gasteiger partial charge < -0.3 is 15.8 Å². The lowest BCUT2D eigenvalue weighted by molar-refractivity contribution is -0.164. The lowest BCUT2D eigenvalue weighted by atomic mass is 10.0. The van der Waals surface area contributed by atoms with E-state index in [1.807, 2.05) is 10.7 Å². The molecule has 1 aliphatic rings. The van der Waals surface area contributed by atoms with Gasteiger partial charge in [0, 0.05) is 35.3 Å². The van der Waals surface area contributed by atoms with Crippen LogP contribution in [0.15, 0.2) is 65.4 Å². The highest BCUT2D eigenvalue weighted by atomic mass is 35.5. The van der Waals surface area contributed by atoms with E-state index in [1.165, 1.54) is 48.9 Å². The van der Waals surface area contributed by atoms with E-state index in [-0.39, 0.29) is 46.3 Å². The zero-order valence-corrected chi connectivity index (χ0v) is 25.3. The van der Waals surface area contributed by atoms with E-state index in [1.54, 1.807) is 18.3 Å². The molecule has 11 nitrogen and oxygen atoms in total. The summed E-state index contributed by atoms with van der Waals surface area (Å²) in [6.07, 6.45) is -4.18. The van der Waals surface area contributed by atoms with Crippen LogP contribution in [-0.4, -0.2) is 67.4 Å². The van der Waals surface area contributed by atoms with E-state index in [4.69, 9.17) is 22.1 Å². The Morgan fingerprint density at radius 3 is 2.50 bits per heavy atom. The van der Waals surface area contributed by atoms with Crippen molar-refractivity contribution in [3.05, 3.63) is 76.5 Å². The minimum absolute atomic E-state index is 0.00886. The summed E-state index contributed by atoms with van der Waals surface area (Å²) in [5.74, 6) is -1.37. The molecule has 2 heterocycles. The van der Waals surface area contributed by atoms with Crippen molar-refractivity contribution in [2.45, 2.75) is 37.1 Å². The average Bonchev–Trinajstić information content (AvgIpc) is 3.40. The molecule has 2 aromatic heterocycles. The lowest BCUT2D eigenvalue weighted by Gasteiger charge is -2.31. The number of rotatable bonds is 9. The van der Waals surface area contributed by atoms with Crippen LogP contribution in [0.3, 0.4) is 0 Å². The Morgan fingerprint density at radius 2 is 1.91 bits per heavy atom. The summed E-state index contributed by atoms with van der Waals surface area (Å²) < 4.78 is 77.4. The number of aromatic nitrogens is 4. The van der Waals surface area contributed by atoms with Gasteiger partial charge in [0.15, 0.2) is 11.8 Å². The summed E-state index contributed by atoms with van der Waals surface area (Å²) in [5, 5.41) is 7.19. The maximum absolute atomic E-state index is 14.0. The van der Waals surface area contributed by atoms with Gasteiger partial charge in [-0.25, -0.2) is 14.2 Å². The minimum Gasteiger partial charge on any atom is -0.447 e. The van der Waals surface area contributed by atoms with Crippen molar-refractivity contribution in [2.75, 3.05) is 13.7 Å². The maximum atomic E-state index is 14.0. The van der Waals surface area contributed by atoms with Gasteiger partial charge in [0.05, 0.1) is 11.1 Å². The van der Waals surface area contributed by atoms with Crippen molar-refractivity contribution in [3.63, 3.8) is 0 Å². The van der Waals surface area contributed by atoms with Crippen LogP contribution in [0.2, 0.25) is 5.02 Å². The number of carbonyl (C=O) groups excluding carboxylic acids is 2. The third-order valence-electron chi connectivity index (χ3n) is 7.28. The first-order chi connectivity index (χ1) is 21.8. The highest BCUT2D eigenvalue weighted by Gasteiger charge is 2.64. The Morgan fingerprint density at radius 1 is 1.20 bits per heavy atom. The number of alkyl halides is 5. The largest absolute Gasteiger partial charge is 0.447 e. The molecule has 2 aromatic carbocycles. The minimum atomic E-state index is -4.70. The number of hydrogen-bond acceptors (Lipinski definition) is 8. The van der Waals surface area contributed by atoms with Crippen LogP contribution < -0.4 is 11.1 Å². The second-order valence-electron chi connectivity index (χ2n) is 10.1. The Balaban J connectivity index is 1.53. The number of amides is 2. The average molecular weight is 683 g/mol. The quantitative estimate of drug-likeness (QED) is 0.124. The molecule has 1 saturated carbocycles. The number of guanidine groups is 1. The third kappa shape index (κ3) is 6.64. The van der Waals surface area contributed by atoms with Crippen LogP contribution in [0.1, 0.15) is 41.4 Å². The second kappa shape index (κ2) is 13.0. The van der Waals surface area contributed by atoms with Crippen molar-refractivity contribution in [2.24, 2.45) is 10.7 Å². The highest BCUT2D eigenvalue weighted by Crippen LogP contribution is 2.49. The molecule has 3 N–H and O–H groups in total. The molecule has 1 atom stereocenters. The van der Waals surface area contributed by atoms with Gasteiger partial charge in [-0.1, -0.05) is 29.8 Å². The fourth-order valence-corrected chi connectivity index (χ4v) is 5.37. The van der Waals surface area contributed by atoms with Crippen molar-refractivity contribution in [3.8, 4) is 22.5 Å². The number of nitrogens with one attached hydrogen (secondary N) is 1. The number of halogens is 6. The van der Waals surface area contributed by atoms with Crippen molar-refractivity contribution < 1.29 is 36.3 Å². The van der Waals surface area contributed by atoms with E-state index < -0.39 is 42.9 Å². The first kappa shape index (κ1) is 32.7. The van der Waals surface area contributed by atoms with Crippen LogP contribution >= 0.6 is 23.1 Å². The molecule has 18 heteroatoms. The van der Waals surface area contributed by atoms with E-state index >= 15 is 0 Å². The topological polar surface area (TPSA) is 141 Å². The van der Waals surface area contributed by atoms with Crippen molar-refractivity contribution >= 4 is 41.1 Å². The zero-order chi connectivity index (χ0) is 33.2. The fourth-order valence-electron chi connectivity index (χ4n) is 4.62. The van der Waals surface area contributed by atoms with Crippen LogP contribution in [-0.2, 0) is 4.74 Å². The number of nitrogens with two attached hydrogens (primary N) is 1. The van der Waals surface area contributed by atoms with Crippen LogP contribution in [0.25, 0.3) is 22.5 Å². The van der Waals surface area contributed by atoms with Gasteiger partial charge in [-0.15, -0.1) is 0 Å². The van der Waals surface area contributed by atoms with E-state index in [9.17, 15) is 31.5 Å². The summed E-state index contributed by atoms with van der Waals surface area (Å²) in [5.41, 5.74) is 5.64. The smallest absolute Gasteiger partial charge is 0.411 e. The molecule has 46 heavy (non-hydrogen) atoms. The number of ether oxygens (including phenoxy) is 1. The standard InChI is InChI=1S/C28H24ClF5N8O3S/c1-36-25(35)41(23(43)16-4-2-15(3-5-16)18-11-39-46-13-18)21(12-45-26(44)40-27(8-9-27)28(32,33)34)17-6-7-20(29)19(10-17)22-37-14-38-42(22)24(30)31/h2-7,10-11,13-14,21,24H,8-9,12H2,1H3,(H2,35,36)(H,40,44)/t21-/m1/s1. The van der Waals surface area contributed by atoms with E-state index in [0.717, 1.165) is 22.4 Å². The molecule has 0 saturated heterocycles. The molecule has 1 aliphatic carbocycles. The number of hydrogen-bond donors (Lipinski definition) is 2. The van der Waals surface area contributed by atoms with Gasteiger partial charge in [-0.3, -0.25) is 14.7 Å². The zero-order valence-electron chi connectivity index (χ0n) is 23.7. The predicted octanol–water partition coefficient (Wildman–Crippen LogP) is 6.07. The predicted molar refractivity (Wildman–Crippen MR) is 158 cm³/mol. The molecular formula is C28H24ClF5N8O3S. The molecule has 5 rings (SSSR count). The normalized spacial score (nSPS) is 15.0. The van der Waals surface area contributed by atoms with Gasteiger partial charge in [0.1, 0.15) is 18.5 Å². The summed E-state index contributed by atoms with van der Waals surface area (Å²) >= 11 is 7.59. The Bertz CT molecular complexity index is 1740. The fraction of sp³-hybridized carbons (Fsp3) is 0.286. The van der Waals surface area contributed by atoms with Gasteiger partial charge in [0.2, 0.25) is 0 Å².